The predicted molar refractivity (Wildman–Crippen MR) is 212 cm³/mol. The summed E-state index contributed by atoms with van der Waals surface area (Å²) in [6.07, 6.45) is 0. The molecule has 0 atom stereocenters. The molecule has 0 aromatic heterocycles. The zero-order chi connectivity index (χ0) is 35.7. The predicted octanol–water partition coefficient (Wildman–Crippen LogP) is 13.9. The van der Waals surface area contributed by atoms with E-state index in [1.165, 1.54) is 0 Å². The Morgan fingerprint density at radius 3 is 0.327 bits per heavy atom. The van der Waals surface area contributed by atoms with Gasteiger partial charge in [0.15, 0.2) is 0 Å². The normalized spacial score (nSPS) is 9.54. The molecule has 0 aliphatic rings. The minimum Gasteiger partial charge on any atom is -0.457 e. The maximum atomic E-state index is 5.58. The summed E-state index contributed by atoms with van der Waals surface area (Å²) in [6, 6.07) is 78.1. The largest absolute Gasteiger partial charge is 0.457 e. The lowest BCUT2D eigenvalue weighted by Crippen LogP contribution is -1.81. The van der Waals surface area contributed by atoms with Crippen LogP contribution in [0, 0.1) is 0 Å². The van der Waals surface area contributed by atoms with Crippen molar-refractivity contribution in [3.8, 4) is 46.0 Å². The molecule has 4 nitrogen and oxygen atoms in total. The smallest absolute Gasteiger partial charge is 0.127 e. The average molecular weight is 681 g/mol. The molecule has 0 aliphatic carbocycles. The van der Waals surface area contributed by atoms with Gasteiger partial charge < -0.3 is 18.9 Å². The van der Waals surface area contributed by atoms with Crippen LogP contribution in [0.2, 0.25) is 0 Å². The highest BCUT2D eigenvalue weighted by atomic mass is 16.5. The molecule has 0 saturated heterocycles. The fraction of sp³-hybridized carbons (Fsp3) is 0. The first-order valence-electron chi connectivity index (χ1n) is 16.9. The Morgan fingerprint density at radius 1 is 0.135 bits per heavy atom. The van der Waals surface area contributed by atoms with Gasteiger partial charge in [-0.25, -0.2) is 0 Å². The van der Waals surface area contributed by atoms with Crippen molar-refractivity contribution in [2.75, 3.05) is 0 Å². The van der Waals surface area contributed by atoms with Crippen molar-refractivity contribution in [2.24, 2.45) is 0 Å². The number of benzene rings is 8. The van der Waals surface area contributed by atoms with E-state index >= 15 is 0 Å². The molecule has 8 aromatic carbocycles. The van der Waals surface area contributed by atoms with Crippen molar-refractivity contribution in [3.05, 3.63) is 243 Å². The third-order valence-corrected chi connectivity index (χ3v) is 6.89. The molecule has 256 valence electrons. The van der Waals surface area contributed by atoms with Gasteiger partial charge in [0.1, 0.15) is 46.0 Å². The summed E-state index contributed by atoms with van der Waals surface area (Å²) in [5.74, 6) is 6.95. The van der Waals surface area contributed by atoms with Gasteiger partial charge in [-0.05, 0) is 97.1 Å². The molecule has 52 heavy (non-hydrogen) atoms. The molecule has 0 heterocycles. The molecule has 0 N–H and O–H groups in total. The maximum absolute atomic E-state index is 5.58. The number of ether oxygens (including phenoxy) is 4. The van der Waals surface area contributed by atoms with Crippen molar-refractivity contribution in [3.63, 3.8) is 0 Å². The van der Waals surface area contributed by atoms with Crippen LogP contribution in [0.5, 0.6) is 46.0 Å². The van der Waals surface area contributed by atoms with Crippen LogP contribution < -0.4 is 18.9 Å². The minimum atomic E-state index is 0.869. The molecule has 0 saturated carbocycles. The number of para-hydroxylation sites is 8. The summed E-state index contributed by atoms with van der Waals surface area (Å²) in [4.78, 5) is 0. The molecule has 8 rings (SSSR count). The van der Waals surface area contributed by atoms with E-state index in [9.17, 15) is 0 Å². The van der Waals surface area contributed by atoms with E-state index in [0.29, 0.717) is 0 Å². The van der Waals surface area contributed by atoms with Gasteiger partial charge in [0.25, 0.3) is 0 Å². The first kappa shape index (κ1) is 36.2. The van der Waals surface area contributed by atoms with Crippen LogP contribution in [0.3, 0.4) is 0 Å². The molecule has 8 aromatic rings. The highest BCUT2D eigenvalue weighted by molar-refractivity contribution is 5.33. The van der Waals surface area contributed by atoms with Gasteiger partial charge in [0, 0.05) is 0 Å². The van der Waals surface area contributed by atoms with Crippen LogP contribution in [-0.4, -0.2) is 0 Å². The lowest BCUT2D eigenvalue weighted by atomic mass is 10.3. The molecular weight excluding hydrogens is 641 g/mol. The summed E-state index contributed by atoms with van der Waals surface area (Å²) in [5.41, 5.74) is 0. The van der Waals surface area contributed by atoms with E-state index in [1.54, 1.807) is 0 Å². The molecule has 0 spiro atoms. The number of hydrogen-bond acceptors (Lipinski definition) is 4. The van der Waals surface area contributed by atoms with E-state index in [1.807, 2.05) is 243 Å². The Balaban J connectivity index is 0.000000134. The summed E-state index contributed by atoms with van der Waals surface area (Å²) in [5, 5.41) is 0. The number of hydrogen-bond donors (Lipinski definition) is 0. The summed E-state index contributed by atoms with van der Waals surface area (Å²) in [6.45, 7) is 0. The summed E-state index contributed by atoms with van der Waals surface area (Å²) >= 11 is 0. The first-order valence-corrected chi connectivity index (χ1v) is 16.9. The lowest BCUT2D eigenvalue weighted by molar-refractivity contribution is 0.482. The van der Waals surface area contributed by atoms with Crippen LogP contribution in [0.15, 0.2) is 243 Å². The van der Waals surface area contributed by atoms with E-state index in [2.05, 4.69) is 0 Å². The van der Waals surface area contributed by atoms with E-state index < -0.39 is 0 Å². The average Bonchev–Trinajstić information content (AvgIpc) is 3.22. The van der Waals surface area contributed by atoms with E-state index in [0.717, 1.165) is 46.0 Å². The Bertz CT molecular complexity index is 1570. The van der Waals surface area contributed by atoms with Crippen molar-refractivity contribution in [2.45, 2.75) is 0 Å². The maximum Gasteiger partial charge on any atom is 0.127 e. The quantitative estimate of drug-likeness (QED) is 0.160. The van der Waals surface area contributed by atoms with Crippen LogP contribution >= 0.6 is 0 Å². The topological polar surface area (TPSA) is 36.9 Å². The Morgan fingerprint density at radius 2 is 0.231 bits per heavy atom. The summed E-state index contributed by atoms with van der Waals surface area (Å²) < 4.78 is 22.3. The Kier molecular flexibility index (Phi) is 15.2. The SMILES string of the molecule is c1ccc(Oc2ccccc2)cc1.c1ccc(Oc2ccccc2)cc1.c1ccc(Oc2ccccc2)cc1.c1ccc(Oc2ccccc2)cc1. The molecule has 4 heteroatoms. The van der Waals surface area contributed by atoms with Gasteiger partial charge in [-0.2, -0.15) is 0 Å². The van der Waals surface area contributed by atoms with Crippen molar-refractivity contribution >= 4 is 0 Å². The van der Waals surface area contributed by atoms with Crippen LogP contribution in [0.4, 0.5) is 0 Å². The molecule has 0 fully saturated rings. The molecule has 0 bridgehead atoms. The van der Waals surface area contributed by atoms with Crippen LogP contribution in [0.25, 0.3) is 0 Å². The van der Waals surface area contributed by atoms with E-state index in [4.69, 9.17) is 18.9 Å². The zero-order valence-electron chi connectivity index (χ0n) is 28.7. The standard InChI is InChI=1S/4C12H10O/c4*1-3-7-11(8-4-1)13-12-9-5-2-6-10-12/h4*1-10H. The second-order valence-corrected chi connectivity index (χ2v) is 10.9. The molecule has 0 unspecified atom stereocenters. The molecule has 0 aliphatic heterocycles. The Labute approximate surface area is 306 Å². The van der Waals surface area contributed by atoms with Gasteiger partial charge in [0.05, 0.1) is 0 Å². The first-order chi connectivity index (χ1) is 25.8. The Hall–Kier alpha value is -7.04. The van der Waals surface area contributed by atoms with Crippen molar-refractivity contribution in [1.29, 1.82) is 0 Å². The zero-order valence-corrected chi connectivity index (χ0v) is 28.7. The summed E-state index contributed by atoms with van der Waals surface area (Å²) in [7, 11) is 0. The van der Waals surface area contributed by atoms with Gasteiger partial charge in [-0.1, -0.05) is 146 Å². The van der Waals surface area contributed by atoms with Gasteiger partial charge in [-0.15, -0.1) is 0 Å². The van der Waals surface area contributed by atoms with Crippen LogP contribution in [0.1, 0.15) is 0 Å². The second-order valence-electron chi connectivity index (χ2n) is 10.9. The minimum absolute atomic E-state index is 0.869. The lowest BCUT2D eigenvalue weighted by Gasteiger charge is -2.03. The number of rotatable bonds is 8. The van der Waals surface area contributed by atoms with Gasteiger partial charge in [-0.3, -0.25) is 0 Å². The molecule has 0 amide bonds. The fourth-order valence-electron chi connectivity index (χ4n) is 4.45. The highest BCUT2D eigenvalue weighted by Gasteiger charge is 1.95. The fourth-order valence-corrected chi connectivity index (χ4v) is 4.45. The molecule has 0 radical (unpaired) electrons. The van der Waals surface area contributed by atoms with Crippen LogP contribution in [-0.2, 0) is 0 Å². The van der Waals surface area contributed by atoms with Gasteiger partial charge in [0.2, 0.25) is 0 Å². The second kappa shape index (κ2) is 21.8. The van der Waals surface area contributed by atoms with Gasteiger partial charge >= 0.3 is 0 Å². The third kappa shape index (κ3) is 14.2. The van der Waals surface area contributed by atoms with Crippen molar-refractivity contribution in [1.82, 2.24) is 0 Å². The van der Waals surface area contributed by atoms with E-state index in [-0.39, 0.29) is 0 Å². The highest BCUT2D eigenvalue weighted by Crippen LogP contribution is 2.22. The monoisotopic (exact) mass is 680 g/mol. The van der Waals surface area contributed by atoms with Crippen molar-refractivity contribution < 1.29 is 18.9 Å². The molecular formula is C48H40O4. The third-order valence-electron chi connectivity index (χ3n) is 6.89.